The predicted octanol–water partition coefficient (Wildman–Crippen LogP) is 6.81. The van der Waals surface area contributed by atoms with Crippen LogP contribution in [-0.4, -0.2) is 25.9 Å². The van der Waals surface area contributed by atoms with Crippen molar-refractivity contribution in [1.82, 2.24) is 20.2 Å². The fourth-order valence-electron chi connectivity index (χ4n) is 3.01. The molecule has 0 aliphatic heterocycles. The van der Waals surface area contributed by atoms with E-state index in [4.69, 9.17) is 9.97 Å². The minimum Gasteiger partial charge on any atom is -0.262 e. The van der Waals surface area contributed by atoms with Crippen molar-refractivity contribution >= 4 is 11.8 Å². The summed E-state index contributed by atoms with van der Waals surface area (Å²) in [5.74, 6) is 2.67. The van der Waals surface area contributed by atoms with Crippen LogP contribution in [0.4, 0.5) is 0 Å². The van der Waals surface area contributed by atoms with E-state index in [-0.39, 0.29) is 5.41 Å². The van der Waals surface area contributed by atoms with Gasteiger partial charge in [-0.15, -0.1) is 11.8 Å². The molecule has 0 bridgehead atoms. The molecule has 0 spiro atoms. The molecule has 0 fully saturated rings. The van der Waals surface area contributed by atoms with Crippen molar-refractivity contribution in [3.63, 3.8) is 0 Å². The molecule has 2 heterocycles. The number of hydrogen-bond acceptors (Lipinski definition) is 4. The Kier molecular flexibility index (Phi) is 7.12. The summed E-state index contributed by atoms with van der Waals surface area (Å²) in [6.45, 7) is 10.7. The highest BCUT2D eigenvalue weighted by Crippen LogP contribution is 2.30. The fourth-order valence-corrected chi connectivity index (χ4v) is 3.98. The number of pyridine rings is 1. The summed E-state index contributed by atoms with van der Waals surface area (Å²) in [4.78, 5) is 10.8. The summed E-state index contributed by atoms with van der Waals surface area (Å²) in [7, 11) is 0. The van der Waals surface area contributed by atoms with Gasteiger partial charge in [-0.3, -0.25) is 5.10 Å². The quantitative estimate of drug-likeness (QED) is 0.328. The first-order valence-electron chi connectivity index (χ1n) is 10.5. The van der Waals surface area contributed by atoms with Crippen LogP contribution >= 0.6 is 11.8 Å². The van der Waals surface area contributed by atoms with Crippen LogP contribution in [0.1, 0.15) is 64.8 Å². The van der Waals surface area contributed by atoms with Crippen LogP contribution in [0.5, 0.6) is 0 Å². The number of unbranched alkanes of at least 4 members (excludes halogenated alkanes) is 3. The molecule has 2 aromatic heterocycles. The molecule has 0 unspecified atom stereocenters. The molecule has 0 saturated carbocycles. The Bertz CT molecular complexity index is 923. The molecule has 4 nitrogen and oxygen atoms in total. The summed E-state index contributed by atoms with van der Waals surface area (Å²) < 4.78 is 0. The third-order valence-electron chi connectivity index (χ3n) is 4.84. The van der Waals surface area contributed by atoms with Gasteiger partial charge in [0.1, 0.15) is 11.5 Å². The van der Waals surface area contributed by atoms with Crippen molar-refractivity contribution in [2.45, 2.75) is 70.6 Å². The molecule has 0 aliphatic carbocycles. The van der Waals surface area contributed by atoms with E-state index in [9.17, 15) is 0 Å². The topological polar surface area (TPSA) is 54.5 Å². The van der Waals surface area contributed by atoms with Crippen molar-refractivity contribution in [2.75, 3.05) is 5.75 Å². The Morgan fingerprint density at radius 2 is 1.66 bits per heavy atom. The van der Waals surface area contributed by atoms with Crippen LogP contribution in [0.25, 0.3) is 22.8 Å². The van der Waals surface area contributed by atoms with E-state index in [1.807, 2.05) is 11.8 Å². The number of nitrogens with zero attached hydrogens (tertiary/aromatic N) is 3. The monoisotopic (exact) mass is 408 g/mol. The van der Waals surface area contributed by atoms with Gasteiger partial charge in [-0.1, -0.05) is 76.8 Å². The molecule has 0 amide bonds. The molecular formula is C24H32N4S. The fraction of sp³-hybridized carbons (Fsp3) is 0.458. The molecule has 3 rings (SSSR count). The maximum atomic E-state index is 4.90. The highest BCUT2D eigenvalue weighted by molar-refractivity contribution is 7.99. The number of aromatic amines is 1. The van der Waals surface area contributed by atoms with Crippen molar-refractivity contribution in [1.29, 1.82) is 0 Å². The van der Waals surface area contributed by atoms with Crippen LogP contribution in [0.2, 0.25) is 0 Å². The number of rotatable bonds is 8. The number of nitrogens with one attached hydrogen (secondary N) is 1. The van der Waals surface area contributed by atoms with E-state index in [0.29, 0.717) is 5.82 Å². The van der Waals surface area contributed by atoms with Gasteiger partial charge in [0, 0.05) is 15.9 Å². The summed E-state index contributed by atoms with van der Waals surface area (Å²) in [6.07, 6.45) is 5.11. The molecule has 1 N–H and O–H groups in total. The zero-order chi connectivity index (χ0) is 20.9. The molecule has 0 atom stereocenters. The third kappa shape index (κ3) is 5.92. The van der Waals surface area contributed by atoms with Gasteiger partial charge >= 0.3 is 0 Å². The Balaban J connectivity index is 1.91. The summed E-state index contributed by atoms with van der Waals surface area (Å²) in [5.41, 5.74) is 4.10. The Morgan fingerprint density at radius 3 is 2.31 bits per heavy atom. The van der Waals surface area contributed by atoms with Crippen molar-refractivity contribution in [3.8, 4) is 22.8 Å². The van der Waals surface area contributed by atoms with E-state index in [0.717, 1.165) is 28.5 Å². The van der Waals surface area contributed by atoms with Gasteiger partial charge in [-0.2, -0.15) is 5.10 Å². The van der Waals surface area contributed by atoms with Gasteiger partial charge in [0.15, 0.2) is 5.82 Å². The Labute approximate surface area is 179 Å². The third-order valence-corrected chi connectivity index (χ3v) is 5.90. The first-order valence-corrected chi connectivity index (χ1v) is 11.5. The highest BCUT2D eigenvalue weighted by atomic mass is 32.2. The summed E-state index contributed by atoms with van der Waals surface area (Å²) in [6, 6.07) is 12.8. The van der Waals surface area contributed by atoms with Crippen LogP contribution < -0.4 is 0 Å². The lowest BCUT2D eigenvalue weighted by Gasteiger charge is -2.13. The van der Waals surface area contributed by atoms with Crippen molar-refractivity contribution < 1.29 is 0 Å². The molecule has 29 heavy (non-hydrogen) atoms. The molecule has 1 aromatic carbocycles. The largest absolute Gasteiger partial charge is 0.262 e. The van der Waals surface area contributed by atoms with E-state index in [2.05, 4.69) is 81.2 Å². The maximum absolute atomic E-state index is 4.90. The van der Waals surface area contributed by atoms with Crippen LogP contribution in [0.3, 0.4) is 0 Å². The molecule has 0 saturated heterocycles. The van der Waals surface area contributed by atoms with Crippen LogP contribution in [0.15, 0.2) is 41.3 Å². The van der Waals surface area contributed by atoms with Gasteiger partial charge in [0.25, 0.3) is 0 Å². The number of benzene rings is 1. The lowest BCUT2D eigenvalue weighted by molar-refractivity contribution is 0.548. The SMILES string of the molecule is CCCCCCSc1cc(-c2ccc(C)cc2)nc(-c2n[nH]c(C(C)(C)C)n2)c1. The zero-order valence-electron chi connectivity index (χ0n) is 18.2. The first kappa shape index (κ1) is 21.6. The average Bonchev–Trinajstić information content (AvgIpc) is 3.19. The number of aromatic nitrogens is 4. The zero-order valence-corrected chi connectivity index (χ0v) is 19.1. The van der Waals surface area contributed by atoms with Crippen LogP contribution in [-0.2, 0) is 5.41 Å². The van der Waals surface area contributed by atoms with Gasteiger partial charge in [-0.05, 0) is 31.2 Å². The molecule has 0 aliphatic rings. The number of H-pyrrole nitrogens is 1. The number of thioether (sulfide) groups is 1. The van der Waals surface area contributed by atoms with Crippen molar-refractivity contribution in [3.05, 3.63) is 47.8 Å². The summed E-state index contributed by atoms with van der Waals surface area (Å²) in [5, 5.41) is 7.54. The van der Waals surface area contributed by atoms with Gasteiger partial charge < -0.3 is 0 Å². The van der Waals surface area contributed by atoms with Crippen LogP contribution in [0, 0.1) is 6.92 Å². The van der Waals surface area contributed by atoms with E-state index in [1.54, 1.807) is 0 Å². The molecular weight excluding hydrogens is 376 g/mol. The normalized spacial score (nSPS) is 11.8. The minimum atomic E-state index is -0.0727. The lowest BCUT2D eigenvalue weighted by atomic mass is 9.96. The molecule has 154 valence electrons. The van der Waals surface area contributed by atoms with E-state index >= 15 is 0 Å². The van der Waals surface area contributed by atoms with Crippen molar-refractivity contribution in [2.24, 2.45) is 0 Å². The second-order valence-corrected chi connectivity index (χ2v) is 9.77. The van der Waals surface area contributed by atoms with Gasteiger partial charge in [0.2, 0.25) is 0 Å². The maximum Gasteiger partial charge on any atom is 0.199 e. The second kappa shape index (κ2) is 9.57. The molecule has 5 heteroatoms. The molecule has 3 aromatic rings. The summed E-state index contributed by atoms with van der Waals surface area (Å²) >= 11 is 1.90. The lowest BCUT2D eigenvalue weighted by Crippen LogP contribution is -2.13. The second-order valence-electron chi connectivity index (χ2n) is 8.61. The van der Waals surface area contributed by atoms with Gasteiger partial charge in [0.05, 0.1) is 5.69 Å². The smallest absolute Gasteiger partial charge is 0.199 e. The predicted molar refractivity (Wildman–Crippen MR) is 123 cm³/mol. The molecule has 0 radical (unpaired) electrons. The van der Waals surface area contributed by atoms with E-state index < -0.39 is 0 Å². The number of aryl methyl sites for hydroxylation is 1. The minimum absolute atomic E-state index is 0.0727. The standard InChI is InChI=1S/C24H32N4S/c1-6-7-8-9-14-29-19-15-20(18-12-10-17(2)11-13-18)25-21(16-19)22-26-23(28-27-22)24(3,4)5/h10-13,15-16H,6-9,14H2,1-5H3,(H,26,27,28). The average molecular weight is 409 g/mol. The Hall–Kier alpha value is -2.14. The first-order chi connectivity index (χ1) is 13.9. The highest BCUT2D eigenvalue weighted by Gasteiger charge is 2.20. The van der Waals surface area contributed by atoms with E-state index in [1.165, 1.54) is 36.1 Å². The van der Waals surface area contributed by atoms with Gasteiger partial charge in [-0.25, -0.2) is 9.97 Å². The Morgan fingerprint density at radius 1 is 0.931 bits per heavy atom. The number of hydrogen-bond donors (Lipinski definition) is 1.